The molecule has 0 amide bonds. The van der Waals surface area contributed by atoms with Crippen LogP contribution in [0.25, 0.3) is 0 Å². The fourth-order valence-corrected chi connectivity index (χ4v) is 0.527. The molecular formula is C8H16ClN. The Balaban J connectivity index is 3.56. The van der Waals surface area contributed by atoms with Crippen LogP contribution in [0.5, 0.6) is 0 Å². The first-order chi connectivity index (χ1) is 4.48. The van der Waals surface area contributed by atoms with Crippen LogP contribution in [0.2, 0.25) is 0 Å². The normalized spacial score (nSPS) is 11.6. The van der Waals surface area contributed by atoms with Crippen LogP contribution < -0.4 is 5.32 Å². The fourth-order valence-electron chi connectivity index (χ4n) is 0.460. The Morgan fingerprint density at radius 3 is 2.40 bits per heavy atom. The summed E-state index contributed by atoms with van der Waals surface area (Å²) in [5, 5.41) is 3.94. The van der Waals surface area contributed by atoms with Gasteiger partial charge in [0.25, 0.3) is 0 Å². The van der Waals surface area contributed by atoms with Gasteiger partial charge >= 0.3 is 0 Å². The number of hydrogen-bond donors (Lipinski definition) is 1. The third-order valence-electron chi connectivity index (χ3n) is 1.64. The van der Waals surface area contributed by atoms with Crippen LogP contribution in [0.3, 0.4) is 0 Å². The second kappa shape index (κ2) is 3.99. The highest BCUT2D eigenvalue weighted by Gasteiger charge is 2.12. The van der Waals surface area contributed by atoms with E-state index in [1.165, 1.54) is 0 Å². The molecule has 0 rings (SSSR count). The molecule has 0 saturated carbocycles. The van der Waals surface area contributed by atoms with Gasteiger partial charge in [-0.25, -0.2) is 0 Å². The average Bonchev–Trinajstić information content (AvgIpc) is 1.85. The molecule has 0 fully saturated rings. The van der Waals surface area contributed by atoms with Gasteiger partial charge in [0.05, 0.1) is 0 Å². The summed E-state index contributed by atoms with van der Waals surface area (Å²) in [7, 11) is 0. The number of halogens is 1. The minimum Gasteiger partial charge on any atom is -0.307 e. The smallest absolute Gasteiger partial charge is 0.0312 e. The van der Waals surface area contributed by atoms with E-state index >= 15 is 0 Å². The molecule has 0 aromatic rings. The van der Waals surface area contributed by atoms with Crippen LogP contribution in [0, 0.1) is 0 Å². The van der Waals surface area contributed by atoms with Gasteiger partial charge in [-0.2, -0.15) is 0 Å². The minimum atomic E-state index is 0.178. The van der Waals surface area contributed by atoms with Gasteiger partial charge in [0, 0.05) is 17.1 Å². The molecule has 0 aliphatic heterocycles. The van der Waals surface area contributed by atoms with Gasteiger partial charge in [-0.15, -0.1) is 0 Å². The van der Waals surface area contributed by atoms with Crippen molar-refractivity contribution < 1.29 is 0 Å². The van der Waals surface area contributed by atoms with E-state index in [-0.39, 0.29) is 5.54 Å². The molecule has 0 radical (unpaired) electrons. The summed E-state index contributed by atoms with van der Waals surface area (Å²) in [6.45, 7) is 10.7. The third-order valence-corrected chi connectivity index (χ3v) is 1.78. The maximum Gasteiger partial charge on any atom is 0.0312 e. The molecule has 10 heavy (non-hydrogen) atoms. The molecule has 2 heteroatoms. The highest BCUT2D eigenvalue weighted by Crippen LogP contribution is 2.07. The van der Waals surface area contributed by atoms with Gasteiger partial charge in [0.2, 0.25) is 0 Å². The van der Waals surface area contributed by atoms with E-state index in [1.54, 1.807) is 0 Å². The Bertz CT molecular complexity index is 118. The average molecular weight is 162 g/mol. The van der Waals surface area contributed by atoms with Gasteiger partial charge < -0.3 is 5.32 Å². The predicted molar refractivity (Wildman–Crippen MR) is 47.4 cm³/mol. The van der Waals surface area contributed by atoms with Crippen molar-refractivity contribution in [3.8, 4) is 0 Å². The molecule has 0 atom stereocenters. The lowest BCUT2D eigenvalue weighted by atomic mass is 10.0. The lowest BCUT2D eigenvalue weighted by Crippen LogP contribution is -2.39. The summed E-state index contributed by atoms with van der Waals surface area (Å²) >= 11 is 5.58. The largest absolute Gasteiger partial charge is 0.307 e. The molecule has 0 saturated heterocycles. The monoisotopic (exact) mass is 161 g/mol. The van der Waals surface area contributed by atoms with Crippen LogP contribution in [0.15, 0.2) is 11.6 Å². The molecule has 0 aliphatic carbocycles. The first kappa shape index (κ1) is 9.99. The van der Waals surface area contributed by atoms with Gasteiger partial charge in [-0.3, -0.25) is 0 Å². The fraction of sp³-hybridized carbons (Fsp3) is 0.750. The van der Waals surface area contributed by atoms with Crippen molar-refractivity contribution in [1.29, 1.82) is 0 Å². The summed E-state index contributed by atoms with van der Waals surface area (Å²) in [6.07, 6.45) is 1.09. The predicted octanol–water partition coefficient (Wildman–Crippen LogP) is 2.52. The van der Waals surface area contributed by atoms with Crippen molar-refractivity contribution in [1.82, 2.24) is 5.32 Å². The summed E-state index contributed by atoms with van der Waals surface area (Å²) in [5.41, 5.74) is 0.178. The van der Waals surface area contributed by atoms with E-state index in [4.69, 9.17) is 11.6 Å². The molecule has 0 aliphatic rings. The summed E-state index contributed by atoms with van der Waals surface area (Å²) in [5.74, 6) is 0. The Labute approximate surface area is 68.5 Å². The number of rotatable bonds is 4. The quantitative estimate of drug-likeness (QED) is 0.668. The first-order valence-electron chi connectivity index (χ1n) is 3.56. The zero-order valence-corrected chi connectivity index (χ0v) is 7.76. The zero-order chi connectivity index (χ0) is 8.20. The number of hydrogen-bond acceptors (Lipinski definition) is 1. The molecule has 1 nitrogen and oxygen atoms in total. The topological polar surface area (TPSA) is 12.0 Å². The molecule has 0 bridgehead atoms. The zero-order valence-electron chi connectivity index (χ0n) is 7.00. The van der Waals surface area contributed by atoms with Gasteiger partial charge in [0.15, 0.2) is 0 Å². The molecule has 0 aromatic carbocycles. The van der Waals surface area contributed by atoms with Crippen LogP contribution in [0.1, 0.15) is 27.2 Å². The second-order valence-electron chi connectivity index (χ2n) is 3.11. The Hall–Kier alpha value is -0.0100. The van der Waals surface area contributed by atoms with Crippen molar-refractivity contribution in [2.45, 2.75) is 32.7 Å². The molecule has 0 aromatic heterocycles. The number of nitrogens with one attached hydrogen (secondary N) is 1. The second-order valence-corrected chi connectivity index (χ2v) is 3.64. The maximum atomic E-state index is 5.58. The molecule has 60 valence electrons. The van der Waals surface area contributed by atoms with E-state index in [0.717, 1.165) is 6.42 Å². The summed E-state index contributed by atoms with van der Waals surface area (Å²) < 4.78 is 0. The molecule has 1 N–H and O–H groups in total. The third kappa shape index (κ3) is 4.83. The van der Waals surface area contributed by atoms with E-state index < -0.39 is 0 Å². The molecule has 0 unspecified atom stereocenters. The molecule has 0 heterocycles. The standard InChI is InChI=1S/C8H16ClN/c1-5-8(3,4)10-6-7(2)9/h10H,2,5-6H2,1,3-4H3. The van der Waals surface area contributed by atoms with Crippen LogP contribution in [0.4, 0.5) is 0 Å². The molecular weight excluding hydrogens is 146 g/mol. The highest BCUT2D eigenvalue weighted by molar-refractivity contribution is 6.29. The van der Waals surface area contributed by atoms with E-state index in [9.17, 15) is 0 Å². The van der Waals surface area contributed by atoms with Crippen molar-refractivity contribution >= 4 is 11.6 Å². The minimum absolute atomic E-state index is 0.178. The van der Waals surface area contributed by atoms with Crippen LogP contribution in [-0.2, 0) is 0 Å². The van der Waals surface area contributed by atoms with Gasteiger partial charge in [0.1, 0.15) is 0 Å². The van der Waals surface area contributed by atoms with Crippen molar-refractivity contribution in [2.24, 2.45) is 0 Å². The van der Waals surface area contributed by atoms with Crippen LogP contribution in [-0.4, -0.2) is 12.1 Å². The lowest BCUT2D eigenvalue weighted by molar-refractivity contribution is 0.393. The first-order valence-corrected chi connectivity index (χ1v) is 3.94. The van der Waals surface area contributed by atoms with Crippen LogP contribution >= 0.6 is 11.6 Å². The maximum absolute atomic E-state index is 5.58. The van der Waals surface area contributed by atoms with Gasteiger partial charge in [-0.05, 0) is 20.3 Å². The van der Waals surface area contributed by atoms with Gasteiger partial charge in [-0.1, -0.05) is 25.1 Å². The van der Waals surface area contributed by atoms with E-state index in [2.05, 4.69) is 32.7 Å². The summed E-state index contributed by atoms with van der Waals surface area (Å²) in [4.78, 5) is 0. The molecule has 0 spiro atoms. The highest BCUT2D eigenvalue weighted by atomic mass is 35.5. The van der Waals surface area contributed by atoms with Crippen molar-refractivity contribution in [3.05, 3.63) is 11.6 Å². The van der Waals surface area contributed by atoms with Crippen molar-refractivity contribution in [2.75, 3.05) is 6.54 Å². The van der Waals surface area contributed by atoms with E-state index in [1.807, 2.05) is 0 Å². The Morgan fingerprint density at radius 1 is 1.60 bits per heavy atom. The Morgan fingerprint density at radius 2 is 2.10 bits per heavy atom. The van der Waals surface area contributed by atoms with E-state index in [0.29, 0.717) is 11.6 Å². The van der Waals surface area contributed by atoms with Crippen molar-refractivity contribution in [3.63, 3.8) is 0 Å². The lowest BCUT2D eigenvalue weighted by Gasteiger charge is -2.24. The Kier molecular flexibility index (Phi) is 3.99. The summed E-state index contributed by atoms with van der Waals surface area (Å²) in [6, 6.07) is 0. The SMILES string of the molecule is C=C(Cl)CNC(C)(C)CC.